The van der Waals surface area contributed by atoms with Crippen molar-refractivity contribution in [2.45, 2.75) is 33.4 Å². The molecule has 0 radical (unpaired) electrons. The molecule has 2 N–H and O–H groups in total. The average molecular weight is 370 g/mol. The maximum Gasteiger partial charge on any atom is 0.275 e. The number of nitrogens with zero attached hydrogens (tertiary/aromatic N) is 3. The van der Waals surface area contributed by atoms with Crippen LogP contribution in [0.2, 0.25) is 0 Å². The van der Waals surface area contributed by atoms with E-state index in [2.05, 4.69) is 20.7 Å². The molecule has 0 spiro atoms. The summed E-state index contributed by atoms with van der Waals surface area (Å²) in [5.74, 6) is 1.42. The Labute approximate surface area is 157 Å². The van der Waals surface area contributed by atoms with Crippen LogP contribution in [0.4, 0.5) is 0 Å². The highest BCUT2D eigenvalue weighted by molar-refractivity contribution is 5.78. The van der Waals surface area contributed by atoms with Gasteiger partial charge in [0.2, 0.25) is 0 Å². The van der Waals surface area contributed by atoms with E-state index in [0.29, 0.717) is 41.9 Å². The molecule has 0 aliphatic rings. The van der Waals surface area contributed by atoms with Crippen molar-refractivity contribution >= 4 is 5.91 Å². The molecule has 3 rings (SSSR count). The van der Waals surface area contributed by atoms with Crippen LogP contribution in [-0.4, -0.2) is 40.9 Å². The number of hydrogen-bond donors (Lipinski definition) is 2. The molecule has 2 aromatic heterocycles. The lowest BCUT2D eigenvalue weighted by Crippen LogP contribution is -3.09. The lowest BCUT2D eigenvalue weighted by molar-refractivity contribution is -0.886. The van der Waals surface area contributed by atoms with Gasteiger partial charge in [0, 0.05) is 11.6 Å². The van der Waals surface area contributed by atoms with Crippen molar-refractivity contribution in [2.75, 3.05) is 13.6 Å². The molecule has 0 saturated heterocycles. The van der Waals surface area contributed by atoms with Gasteiger partial charge in [0.15, 0.2) is 13.1 Å². The second kappa shape index (κ2) is 8.13. The molecule has 0 aliphatic carbocycles. The number of carbonyl (C=O) groups excluding carboxylic acids is 1. The molecule has 27 heavy (non-hydrogen) atoms. The molecule has 0 bridgehead atoms. The number of amides is 1. The van der Waals surface area contributed by atoms with Gasteiger partial charge in [0.1, 0.15) is 17.0 Å². The zero-order valence-electron chi connectivity index (χ0n) is 15.9. The Kier molecular flexibility index (Phi) is 5.66. The van der Waals surface area contributed by atoms with Crippen molar-refractivity contribution in [3.8, 4) is 22.7 Å². The van der Waals surface area contributed by atoms with Crippen molar-refractivity contribution in [2.24, 2.45) is 0 Å². The molecular formula is C19H24N5O3+. The summed E-state index contributed by atoms with van der Waals surface area (Å²) in [6, 6.07) is 9.82. The second-order valence-electron chi connectivity index (χ2n) is 6.86. The molecule has 0 aliphatic heterocycles. The van der Waals surface area contributed by atoms with E-state index in [4.69, 9.17) is 8.94 Å². The number of quaternary nitrogens is 1. The van der Waals surface area contributed by atoms with Gasteiger partial charge in [-0.1, -0.05) is 35.5 Å². The van der Waals surface area contributed by atoms with Crippen LogP contribution in [0.3, 0.4) is 0 Å². The van der Waals surface area contributed by atoms with E-state index in [1.165, 1.54) is 0 Å². The van der Waals surface area contributed by atoms with Crippen molar-refractivity contribution < 1.29 is 18.6 Å². The summed E-state index contributed by atoms with van der Waals surface area (Å²) in [4.78, 5) is 12.8. The summed E-state index contributed by atoms with van der Waals surface area (Å²) in [6.45, 7) is 6.46. The summed E-state index contributed by atoms with van der Waals surface area (Å²) in [6.07, 6.45) is 0. The topological polar surface area (TPSA) is 98.5 Å². The maximum atomic E-state index is 11.9. The van der Waals surface area contributed by atoms with E-state index in [0.717, 1.165) is 10.5 Å². The molecule has 1 aromatic carbocycles. The minimum Gasteiger partial charge on any atom is -0.415 e. The minimum atomic E-state index is -0.0107. The SMILES string of the molecule is Cc1onc(-c2ccccc2)c1-c1nnc(C[NH+](C)CC(=O)NC(C)C)o1. The van der Waals surface area contributed by atoms with E-state index in [-0.39, 0.29) is 11.9 Å². The first-order chi connectivity index (χ1) is 12.9. The summed E-state index contributed by atoms with van der Waals surface area (Å²) in [5, 5.41) is 15.3. The lowest BCUT2D eigenvalue weighted by atomic mass is 10.1. The third kappa shape index (κ3) is 4.59. The molecule has 0 saturated carbocycles. The molecule has 1 unspecified atom stereocenters. The largest absolute Gasteiger partial charge is 0.415 e. The minimum absolute atomic E-state index is 0.0107. The Hall–Kier alpha value is -3.00. The van der Waals surface area contributed by atoms with Gasteiger partial charge in [0.05, 0.1) is 7.05 Å². The van der Waals surface area contributed by atoms with Crippen molar-refractivity contribution in [3.05, 3.63) is 42.0 Å². The molecule has 8 nitrogen and oxygen atoms in total. The second-order valence-corrected chi connectivity index (χ2v) is 6.86. The molecular weight excluding hydrogens is 346 g/mol. The molecule has 142 valence electrons. The van der Waals surface area contributed by atoms with E-state index < -0.39 is 0 Å². The summed E-state index contributed by atoms with van der Waals surface area (Å²) >= 11 is 0. The van der Waals surface area contributed by atoms with Gasteiger partial charge < -0.3 is 19.2 Å². The zero-order valence-corrected chi connectivity index (χ0v) is 15.9. The lowest BCUT2D eigenvalue weighted by Gasteiger charge is -2.13. The molecule has 1 atom stereocenters. The van der Waals surface area contributed by atoms with Crippen molar-refractivity contribution in [1.29, 1.82) is 0 Å². The van der Waals surface area contributed by atoms with E-state index >= 15 is 0 Å². The summed E-state index contributed by atoms with van der Waals surface area (Å²) in [7, 11) is 1.91. The normalized spacial score (nSPS) is 12.3. The van der Waals surface area contributed by atoms with Crippen LogP contribution in [0.25, 0.3) is 22.7 Å². The first-order valence-electron chi connectivity index (χ1n) is 8.89. The predicted molar refractivity (Wildman–Crippen MR) is 98.7 cm³/mol. The Bertz CT molecular complexity index is 901. The van der Waals surface area contributed by atoms with E-state index in [1.54, 1.807) is 0 Å². The number of nitrogens with one attached hydrogen (secondary N) is 2. The monoisotopic (exact) mass is 370 g/mol. The third-order valence-corrected chi connectivity index (χ3v) is 3.96. The zero-order chi connectivity index (χ0) is 19.4. The number of aromatic nitrogens is 3. The quantitative estimate of drug-likeness (QED) is 0.649. The van der Waals surface area contributed by atoms with Gasteiger partial charge in [-0.3, -0.25) is 4.79 Å². The number of likely N-dealkylation sites (N-methyl/N-ethyl adjacent to an activating group) is 1. The van der Waals surface area contributed by atoms with Crippen LogP contribution in [0, 0.1) is 6.92 Å². The Morgan fingerprint density at radius 2 is 1.96 bits per heavy atom. The van der Waals surface area contributed by atoms with Crippen LogP contribution >= 0.6 is 0 Å². The first-order valence-corrected chi connectivity index (χ1v) is 8.89. The van der Waals surface area contributed by atoms with Crippen molar-refractivity contribution in [1.82, 2.24) is 20.7 Å². The highest BCUT2D eigenvalue weighted by Crippen LogP contribution is 2.33. The van der Waals surface area contributed by atoms with Crippen LogP contribution < -0.4 is 10.2 Å². The summed E-state index contributed by atoms with van der Waals surface area (Å²) in [5.41, 5.74) is 2.27. The van der Waals surface area contributed by atoms with Gasteiger partial charge in [0.25, 0.3) is 17.7 Å². The fourth-order valence-electron chi connectivity index (χ4n) is 2.81. The molecule has 3 aromatic rings. The molecule has 0 fully saturated rings. The van der Waals surface area contributed by atoms with Crippen LogP contribution in [0.15, 0.2) is 39.3 Å². The molecule has 1 amide bonds. The molecule has 8 heteroatoms. The van der Waals surface area contributed by atoms with Gasteiger partial charge >= 0.3 is 0 Å². The van der Waals surface area contributed by atoms with Crippen LogP contribution in [-0.2, 0) is 11.3 Å². The fraction of sp³-hybridized carbons (Fsp3) is 0.368. The van der Waals surface area contributed by atoms with Crippen molar-refractivity contribution in [3.63, 3.8) is 0 Å². The highest BCUT2D eigenvalue weighted by atomic mass is 16.5. The number of rotatable bonds is 7. The van der Waals surface area contributed by atoms with E-state index in [1.807, 2.05) is 58.2 Å². The summed E-state index contributed by atoms with van der Waals surface area (Å²) < 4.78 is 11.2. The standard InChI is InChI=1S/C19H23N5O3/c1-12(2)20-15(25)10-24(4)11-16-21-22-19(26-16)17-13(3)27-23-18(17)14-8-6-5-7-9-14/h5-9,12H,10-11H2,1-4H3,(H,20,25)/p+1. The Morgan fingerprint density at radius 1 is 1.22 bits per heavy atom. The fourth-order valence-corrected chi connectivity index (χ4v) is 2.81. The smallest absolute Gasteiger partial charge is 0.275 e. The van der Waals surface area contributed by atoms with Gasteiger partial charge in [-0.25, -0.2) is 0 Å². The maximum absolute atomic E-state index is 11.9. The number of carbonyl (C=O) groups is 1. The number of hydrogen-bond acceptors (Lipinski definition) is 6. The Morgan fingerprint density at radius 3 is 2.67 bits per heavy atom. The highest BCUT2D eigenvalue weighted by Gasteiger charge is 2.23. The van der Waals surface area contributed by atoms with Crippen LogP contribution in [0.5, 0.6) is 0 Å². The van der Waals surface area contributed by atoms with Gasteiger partial charge in [-0.05, 0) is 20.8 Å². The number of benzene rings is 1. The molecule has 2 heterocycles. The third-order valence-electron chi connectivity index (χ3n) is 3.96. The Balaban J connectivity index is 1.75. The van der Waals surface area contributed by atoms with Gasteiger partial charge in [-0.15, -0.1) is 10.2 Å². The van der Waals surface area contributed by atoms with Crippen LogP contribution in [0.1, 0.15) is 25.5 Å². The van der Waals surface area contributed by atoms with E-state index in [9.17, 15) is 4.79 Å². The van der Waals surface area contributed by atoms with Gasteiger partial charge in [-0.2, -0.15) is 0 Å². The number of aryl methyl sites for hydroxylation is 1. The first kappa shape index (κ1) is 18.8. The average Bonchev–Trinajstić information content (AvgIpc) is 3.20. The predicted octanol–water partition coefficient (Wildman–Crippen LogP) is 1.24.